The Morgan fingerprint density at radius 3 is 2.00 bits per heavy atom. The molecule has 0 spiro atoms. The van der Waals surface area contributed by atoms with Crippen molar-refractivity contribution < 1.29 is 28.8 Å². The van der Waals surface area contributed by atoms with Crippen LogP contribution in [-0.2, 0) is 37.0 Å². The molecule has 6 nitrogen and oxygen atoms in total. The van der Waals surface area contributed by atoms with E-state index in [1.165, 1.54) is 0 Å². The van der Waals surface area contributed by atoms with E-state index in [2.05, 4.69) is 0 Å². The first kappa shape index (κ1) is 22.4. The van der Waals surface area contributed by atoms with Crippen LogP contribution in [0.15, 0.2) is 60.7 Å². The Bertz CT molecular complexity index is 786. The monoisotopic (exact) mass is 414 g/mol. The molecule has 4 atom stereocenters. The Labute approximate surface area is 177 Å². The SMILES string of the molecule is CC(C)(C)C(=O)O[C@@H]1[C@@H](OCc2ccccc2)[C@@H](OCc2ccccc2)CO[C@@H]1O. The van der Waals surface area contributed by atoms with Gasteiger partial charge in [-0.1, -0.05) is 60.7 Å². The molecule has 2 aromatic carbocycles. The lowest BCUT2D eigenvalue weighted by molar-refractivity contribution is -0.280. The first-order valence-electron chi connectivity index (χ1n) is 10.2. The highest BCUT2D eigenvalue weighted by atomic mass is 16.7. The molecule has 0 unspecified atom stereocenters. The quantitative estimate of drug-likeness (QED) is 0.700. The van der Waals surface area contributed by atoms with Gasteiger partial charge >= 0.3 is 5.97 Å². The summed E-state index contributed by atoms with van der Waals surface area (Å²) in [5.74, 6) is -0.438. The fourth-order valence-electron chi connectivity index (χ4n) is 3.07. The molecular weight excluding hydrogens is 384 g/mol. The van der Waals surface area contributed by atoms with E-state index in [9.17, 15) is 9.90 Å². The van der Waals surface area contributed by atoms with E-state index < -0.39 is 36.0 Å². The second-order valence-electron chi connectivity index (χ2n) is 8.44. The third-order valence-electron chi connectivity index (χ3n) is 4.85. The molecule has 3 rings (SSSR count). The van der Waals surface area contributed by atoms with Crippen LogP contribution < -0.4 is 0 Å². The maximum Gasteiger partial charge on any atom is 0.311 e. The number of hydrogen-bond acceptors (Lipinski definition) is 6. The van der Waals surface area contributed by atoms with Crippen LogP contribution in [0, 0.1) is 5.41 Å². The zero-order valence-electron chi connectivity index (χ0n) is 17.7. The summed E-state index contributed by atoms with van der Waals surface area (Å²) < 4.78 is 23.3. The molecule has 0 bridgehead atoms. The number of rotatable bonds is 7. The van der Waals surface area contributed by atoms with Gasteiger partial charge in [0.15, 0.2) is 12.4 Å². The molecule has 0 amide bonds. The van der Waals surface area contributed by atoms with E-state index in [0.29, 0.717) is 13.2 Å². The fourth-order valence-corrected chi connectivity index (χ4v) is 3.07. The molecule has 1 saturated heterocycles. The molecule has 1 aliphatic heterocycles. The normalized spacial score (nSPS) is 24.4. The summed E-state index contributed by atoms with van der Waals surface area (Å²) in [6.45, 7) is 6.07. The number of esters is 1. The maximum atomic E-state index is 12.5. The van der Waals surface area contributed by atoms with Crippen LogP contribution in [0.1, 0.15) is 31.9 Å². The lowest BCUT2D eigenvalue weighted by Crippen LogP contribution is -2.57. The van der Waals surface area contributed by atoms with Crippen molar-refractivity contribution in [2.75, 3.05) is 6.61 Å². The number of hydrogen-bond donors (Lipinski definition) is 1. The predicted octanol–water partition coefficient (Wildman–Crippen LogP) is 3.46. The van der Waals surface area contributed by atoms with Crippen LogP contribution in [0.2, 0.25) is 0 Å². The molecule has 162 valence electrons. The zero-order chi connectivity index (χ0) is 21.6. The molecule has 1 N–H and O–H groups in total. The number of aliphatic hydroxyl groups is 1. The van der Waals surface area contributed by atoms with Crippen molar-refractivity contribution in [1.29, 1.82) is 0 Å². The van der Waals surface area contributed by atoms with Gasteiger partial charge in [-0.05, 0) is 31.9 Å². The molecule has 0 saturated carbocycles. The standard InChI is InChI=1S/C24H30O6/c1-24(2,3)23(26)30-21-20(28-15-18-12-8-5-9-13-18)19(16-29-22(21)25)27-14-17-10-6-4-7-11-17/h4-13,19-22,25H,14-16H2,1-3H3/t19-,20-,21+,22-/m0/s1. The highest BCUT2D eigenvalue weighted by molar-refractivity contribution is 5.75. The first-order chi connectivity index (χ1) is 14.3. The number of aliphatic hydroxyl groups excluding tert-OH is 1. The van der Waals surface area contributed by atoms with Gasteiger partial charge in [0.25, 0.3) is 0 Å². The molecule has 2 aromatic rings. The van der Waals surface area contributed by atoms with E-state index in [-0.39, 0.29) is 6.61 Å². The number of benzene rings is 2. The number of carbonyl (C=O) groups is 1. The minimum atomic E-state index is -1.28. The van der Waals surface area contributed by atoms with Crippen molar-refractivity contribution in [2.45, 2.75) is 58.6 Å². The summed E-state index contributed by atoms with van der Waals surface area (Å²) in [4.78, 5) is 12.5. The summed E-state index contributed by atoms with van der Waals surface area (Å²) in [5, 5.41) is 10.4. The Balaban J connectivity index is 1.75. The molecule has 1 aliphatic rings. The summed E-state index contributed by atoms with van der Waals surface area (Å²) in [7, 11) is 0. The van der Waals surface area contributed by atoms with E-state index in [0.717, 1.165) is 11.1 Å². The van der Waals surface area contributed by atoms with Gasteiger partial charge in [0, 0.05) is 0 Å². The summed E-state index contributed by atoms with van der Waals surface area (Å²) in [6.07, 6.45) is -3.46. The van der Waals surface area contributed by atoms with Crippen LogP contribution in [0.5, 0.6) is 0 Å². The van der Waals surface area contributed by atoms with Crippen molar-refractivity contribution in [1.82, 2.24) is 0 Å². The van der Waals surface area contributed by atoms with Gasteiger partial charge < -0.3 is 24.1 Å². The summed E-state index contributed by atoms with van der Waals surface area (Å²) in [5.41, 5.74) is 1.26. The Morgan fingerprint density at radius 2 is 1.47 bits per heavy atom. The molecule has 30 heavy (non-hydrogen) atoms. The van der Waals surface area contributed by atoms with Crippen molar-refractivity contribution in [3.63, 3.8) is 0 Å². The van der Waals surface area contributed by atoms with Gasteiger partial charge in [0.05, 0.1) is 25.2 Å². The third-order valence-corrected chi connectivity index (χ3v) is 4.85. The van der Waals surface area contributed by atoms with Crippen LogP contribution in [0.3, 0.4) is 0 Å². The van der Waals surface area contributed by atoms with Gasteiger partial charge in [-0.3, -0.25) is 4.79 Å². The lowest BCUT2D eigenvalue weighted by Gasteiger charge is -2.40. The largest absolute Gasteiger partial charge is 0.454 e. The molecule has 0 aliphatic carbocycles. The van der Waals surface area contributed by atoms with Gasteiger partial charge in [0.1, 0.15) is 12.2 Å². The van der Waals surface area contributed by atoms with Gasteiger partial charge in [-0.25, -0.2) is 0 Å². The smallest absolute Gasteiger partial charge is 0.311 e. The highest BCUT2D eigenvalue weighted by Gasteiger charge is 2.45. The van der Waals surface area contributed by atoms with Gasteiger partial charge in [-0.2, -0.15) is 0 Å². The molecular formula is C24H30O6. The minimum absolute atomic E-state index is 0.136. The van der Waals surface area contributed by atoms with Crippen molar-refractivity contribution in [2.24, 2.45) is 5.41 Å². The lowest BCUT2D eigenvalue weighted by atomic mass is 9.96. The molecule has 1 heterocycles. The van der Waals surface area contributed by atoms with E-state index in [1.54, 1.807) is 20.8 Å². The third kappa shape index (κ3) is 6.12. The first-order valence-corrected chi connectivity index (χ1v) is 10.2. The molecule has 1 fully saturated rings. The Kier molecular flexibility index (Phi) is 7.61. The van der Waals surface area contributed by atoms with Crippen LogP contribution in [0.25, 0.3) is 0 Å². The highest BCUT2D eigenvalue weighted by Crippen LogP contribution is 2.27. The van der Waals surface area contributed by atoms with Crippen LogP contribution in [0.4, 0.5) is 0 Å². The second-order valence-corrected chi connectivity index (χ2v) is 8.44. The fraction of sp³-hybridized carbons (Fsp3) is 0.458. The topological polar surface area (TPSA) is 74.2 Å². The molecule has 0 aromatic heterocycles. The van der Waals surface area contributed by atoms with Gasteiger partial charge in [0.2, 0.25) is 0 Å². The van der Waals surface area contributed by atoms with E-state index in [4.69, 9.17) is 18.9 Å². The predicted molar refractivity (Wildman–Crippen MR) is 111 cm³/mol. The van der Waals surface area contributed by atoms with Crippen LogP contribution in [-0.4, -0.2) is 42.3 Å². The van der Waals surface area contributed by atoms with E-state index in [1.807, 2.05) is 60.7 Å². The molecule has 6 heteroatoms. The van der Waals surface area contributed by atoms with Gasteiger partial charge in [-0.15, -0.1) is 0 Å². The summed E-state index contributed by atoms with van der Waals surface area (Å²) >= 11 is 0. The average molecular weight is 414 g/mol. The summed E-state index contributed by atoms with van der Waals surface area (Å²) in [6, 6.07) is 19.4. The van der Waals surface area contributed by atoms with Crippen molar-refractivity contribution in [3.8, 4) is 0 Å². The maximum absolute atomic E-state index is 12.5. The Morgan fingerprint density at radius 1 is 0.933 bits per heavy atom. The number of carbonyl (C=O) groups excluding carboxylic acids is 1. The van der Waals surface area contributed by atoms with Crippen LogP contribution >= 0.6 is 0 Å². The Hall–Kier alpha value is -2.25. The number of ether oxygens (including phenoxy) is 4. The van der Waals surface area contributed by atoms with E-state index >= 15 is 0 Å². The minimum Gasteiger partial charge on any atom is -0.454 e. The van der Waals surface area contributed by atoms with Crippen molar-refractivity contribution >= 4 is 5.97 Å². The second kappa shape index (κ2) is 10.2. The average Bonchev–Trinajstić information content (AvgIpc) is 2.74. The molecule has 0 radical (unpaired) electrons. The zero-order valence-corrected chi connectivity index (χ0v) is 17.7. The van der Waals surface area contributed by atoms with Crippen molar-refractivity contribution in [3.05, 3.63) is 71.8 Å².